The quantitative estimate of drug-likeness (QED) is 0.769. The molecule has 1 heterocycles. The summed E-state index contributed by atoms with van der Waals surface area (Å²) in [7, 11) is 0. The van der Waals surface area contributed by atoms with Crippen LogP contribution in [0.25, 0.3) is 6.08 Å². The second kappa shape index (κ2) is 7.52. The predicted octanol–water partition coefficient (Wildman–Crippen LogP) is 4.01. The molecule has 130 valence electrons. The van der Waals surface area contributed by atoms with Crippen LogP contribution in [0.15, 0.2) is 23.8 Å². The van der Waals surface area contributed by atoms with E-state index in [1.807, 2.05) is 0 Å². The van der Waals surface area contributed by atoms with Crippen molar-refractivity contribution in [1.82, 2.24) is 4.90 Å². The molecule has 0 saturated carbocycles. The van der Waals surface area contributed by atoms with Crippen LogP contribution in [0, 0.1) is 11.8 Å². The summed E-state index contributed by atoms with van der Waals surface area (Å²) in [5.74, 6) is -0.271. The topological polar surface area (TPSA) is 40.5 Å². The first-order valence-corrected chi connectivity index (χ1v) is 9.34. The van der Waals surface area contributed by atoms with Gasteiger partial charge >= 0.3 is 5.97 Å². The number of aryl methyl sites for hydroxylation is 1. The third kappa shape index (κ3) is 3.89. The minimum absolute atomic E-state index is 0.164. The zero-order chi connectivity index (χ0) is 17.1. The fourth-order valence-corrected chi connectivity index (χ4v) is 3.83. The normalized spacial score (nSPS) is 21.1. The molecular formula is C21H29NO2. The van der Waals surface area contributed by atoms with Gasteiger partial charge in [0, 0.05) is 19.6 Å². The number of fused-ring (bicyclic) bond motifs is 1. The van der Waals surface area contributed by atoms with Gasteiger partial charge in [-0.25, -0.2) is 0 Å². The molecule has 1 aromatic rings. The SMILES string of the molecule is CCCCCc1ccc2c(c1)C[C@@H](C)C(CN1CC(C(=O)O)C1)=C2. The highest BCUT2D eigenvalue weighted by Gasteiger charge is 2.33. The van der Waals surface area contributed by atoms with E-state index in [2.05, 4.69) is 43.0 Å². The van der Waals surface area contributed by atoms with Crippen LogP contribution in [0.4, 0.5) is 0 Å². The van der Waals surface area contributed by atoms with Crippen LogP contribution in [-0.4, -0.2) is 35.6 Å². The number of carboxylic acid groups (broad SMARTS) is 1. The van der Waals surface area contributed by atoms with E-state index in [1.54, 1.807) is 0 Å². The van der Waals surface area contributed by atoms with Crippen molar-refractivity contribution in [2.24, 2.45) is 11.8 Å². The molecule has 0 spiro atoms. The number of benzene rings is 1. The van der Waals surface area contributed by atoms with Crippen molar-refractivity contribution >= 4 is 12.0 Å². The molecule has 1 fully saturated rings. The summed E-state index contributed by atoms with van der Waals surface area (Å²) in [6.07, 6.45) is 8.51. The first kappa shape index (κ1) is 17.2. The highest BCUT2D eigenvalue weighted by Crippen LogP contribution is 2.31. The standard InChI is InChI=1S/C21H29NO2/c1-3-4-5-6-16-7-8-17-11-19(15(2)9-18(17)10-16)12-22-13-20(14-22)21(23)24/h7-8,10-11,15,20H,3-6,9,12-14H2,1-2H3,(H,23,24)/t15-/m1/s1. The first-order valence-electron chi connectivity index (χ1n) is 9.34. The van der Waals surface area contributed by atoms with Gasteiger partial charge in [-0.2, -0.15) is 0 Å². The molecule has 1 N–H and O–H groups in total. The average molecular weight is 327 g/mol. The number of hydrogen-bond acceptors (Lipinski definition) is 2. The molecule has 0 bridgehead atoms. The molecule has 1 saturated heterocycles. The van der Waals surface area contributed by atoms with Gasteiger partial charge in [0.05, 0.1) is 5.92 Å². The average Bonchev–Trinajstić information content (AvgIpc) is 2.50. The summed E-state index contributed by atoms with van der Waals surface area (Å²) in [5.41, 5.74) is 5.76. The Hall–Kier alpha value is -1.61. The number of hydrogen-bond donors (Lipinski definition) is 1. The Labute approximate surface area is 145 Å². The highest BCUT2D eigenvalue weighted by atomic mass is 16.4. The largest absolute Gasteiger partial charge is 0.481 e. The van der Waals surface area contributed by atoms with Crippen molar-refractivity contribution in [2.75, 3.05) is 19.6 Å². The Kier molecular flexibility index (Phi) is 5.40. The summed E-state index contributed by atoms with van der Waals surface area (Å²) in [6.45, 7) is 6.86. The summed E-state index contributed by atoms with van der Waals surface area (Å²) in [4.78, 5) is 13.2. The maximum atomic E-state index is 10.9. The molecule has 1 aromatic carbocycles. The van der Waals surface area contributed by atoms with Crippen LogP contribution in [0.1, 0.15) is 49.8 Å². The minimum Gasteiger partial charge on any atom is -0.481 e. The van der Waals surface area contributed by atoms with Crippen LogP contribution in [-0.2, 0) is 17.6 Å². The maximum Gasteiger partial charge on any atom is 0.309 e. The van der Waals surface area contributed by atoms with E-state index in [4.69, 9.17) is 5.11 Å². The molecule has 2 aliphatic rings. The van der Waals surface area contributed by atoms with E-state index >= 15 is 0 Å². The Bertz CT molecular complexity index is 629. The molecule has 0 aromatic heterocycles. The van der Waals surface area contributed by atoms with Gasteiger partial charge in [-0.3, -0.25) is 9.69 Å². The van der Waals surface area contributed by atoms with Crippen LogP contribution in [0.2, 0.25) is 0 Å². The lowest BCUT2D eigenvalue weighted by Gasteiger charge is -2.38. The zero-order valence-corrected chi connectivity index (χ0v) is 14.9. The molecular weight excluding hydrogens is 298 g/mol. The maximum absolute atomic E-state index is 10.9. The summed E-state index contributed by atoms with van der Waals surface area (Å²) >= 11 is 0. The van der Waals surface area contributed by atoms with Crippen LogP contribution < -0.4 is 0 Å². The van der Waals surface area contributed by atoms with E-state index in [0.717, 1.165) is 13.0 Å². The van der Waals surface area contributed by atoms with Gasteiger partial charge in [0.1, 0.15) is 0 Å². The number of rotatable bonds is 7. The van der Waals surface area contributed by atoms with Crippen molar-refractivity contribution < 1.29 is 9.90 Å². The lowest BCUT2D eigenvalue weighted by atomic mass is 9.82. The van der Waals surface area contributed by atoms with Crippen molar-refractivity contribution in [3.63, 3.8) is 0 Å². The van der Waals surface area contributed by atoms with E-state index in [0.29, 0.717) is 19.0 Å². The molecule has 3 nitrogen and oxygen atoms in total. The Morgan fingerprint density at radius 3 is 2.79 bits per heavy atom. The van der Waals surface area contributed by atoms with Gasteiger partial charge in [-0.1, -0.05) is 56.5 Å². The smallest absolute Gasteiger partial charge is 0.309 e. The highest BCUT2D eigenvalue weighted by molar-refractivity contribution is 5.71. The Morgan fingerprint density at radius 1 is 1.29 bits per heavy atom. The molecule has 1 aliphatic carbocycles. The van der Waals surface area contributed by atoms with Crippen molar-refractivity contribution in [3.8, 4) is 0 Å². The zero-order valence-electron chi connectivity index (χ0n) is 14.9. The van der Waals surface area contributed by atoms with E-state index in [1.165, 1.54) is 47.9 Å². The summed E-state index contributed by atoms with van der Waals surface area (Å²) < 4.78 is 0. The fourth-order valence-electron chi connectivity index (χ4n) is 3.83. The molecule has 1 atom stereocenters. The molecule has 0 unspecified atom stereocenters. The third-order valence-corrected chi connectivity index (χ3v) is 5.49. The minimum atomic E-state index is -0.655. The number of unbranched alkanes of at least 4 members (excludes halogenated alkanes) is 2. The van der Waals surface area contributed by atoms with Gasteiger partial charge in [0.15, 0.2) is 0 Å². The van der Waals surface area contributed by atoms with Gasteiger partial charge < -0.3 is 5.11 Å². The monoisotopic (exact) mass is 327 g/mol. The number of carboxylic acids is 1. The van der Waals surface area contributed by atoms with E-state index in [9.17, 15) is 4.79 Å². The van der Waals surface area contributed by atoms with Gasteiger partial charge in [-0.05, 0) is 41.9 Å². The number of carbonyl (C=O) groups is 1. The Morgan fingerprint density at radius 2 is 2.08 bits per heavy atom. The number of aliphatic carboxylic acids is 1. The second-order valence-corrected chi connectivity index (χ2v) is 7.54. The second-order valence-electron chi connectivity index (χ2n) is 7.54. The van der Waals surface area contributed by atoms with Crippen LogP contribution in [0.5, 0.6) is 0 Å². The van der Waals surface area contributed by atoms with Crippen molar-refractivity contribution in [1.29, 1.82) is 0 Å². The number of likely N-dealkylation sites (tertiary alicyclic amines) is 1. The molecule has 0 radical (unpaired) electrons. The molecule has 24 heavy (non-hydrogen) atoms. The lowest BCUT2D eigenvalue weighted by Crippen LogP contribution is -2.51. The first-order chi connectivity index (χ1) is 11.6. The molecule has 0 amide bonds. The predicted molar refractivity (Wildman–Crippen MR) is 98.1 cm³/mol. The fraction of sp³-hybridized carbons (Fsp3) is 0.571. The van der Waals surface area contributed by atoms with Gasteiger partial charge in [-0.15, -0.1) is 0 Å². The lowest BCUT2D eigenvalue weighted by molar-refractivity contribution is -0.147. The number of nitrogens with zero attached hydrogens (tertiary/aromatic N) is 1. The van der Waals surface area contributed by atoms with Crippen molar-refractivity contribution in [2.45, 2.75) is 46.0 Å². The van der Waals surface area contributed by atoms with Crippen molar-refractivity contribution in [3.05, 3.63) is 40.5 Å². The van der Waals surface area contributed by atoms with Crippen LogP contribution >= 0.6 is 0 Å². The van der Waals surface area contributed by atoms with E-state index < -0.39 is 5.97 Å². The third-order valence-electron chi connectivity index (χ3n) is 5.49. The molecule has 1 aliphatic heterocycles. The van der Waals surface area contributed by atoms with Gasteiger partial charge in [0.2, 0.25) is 0 Å². The van der Waals surface area contributed by atoms with E-state index in [-0.39, 0.29) is 5.92 Å². The van der Waals surface area contributed by atoms with Gasteiger partial charge in [0.25, 0.3) is 0 Å². The molecule has 3 heteroatoms. The summed E-state index contributed by atoms with van der Waals surface area (Å²) in [6, 6.07) is 6.96. The Balaban J connectivity index is 1.63. The summed E-state index contributed by atoms with van der Waals surface area (Å²) in [5, 5.41) is 9.00. The molecule has 3 rings (SSSR count). The van der Waals surface area contributed by atoms with Crippen LogP contribution in [0.3, 0.4) is 0 Å².